The van der Waals surface area contributed by atoms with E-state index in [2.05, 4.69) is 0 Å². The Morgan fingerprint density at radius 1 is 1.42 bits per heavy atom. The van der Waals surface area contributed by atoms with Crippen LogP contribution in [0.15, 0.2) is 18.2 Å². The van der Waals surface area contributed by atoms with Gasteiger partial charge in [0.1, 0.15) is 0 Å². The lowest BCUT2D eigenvalue weighted by molar-refractivity contribution is -0.119. The average Bonchev–Trinajstić information content (AvgIpc) is 2.68. The summed E-state index contributed by atoms with van der Waals surface area (Å²) in [7, 11) is 0. The van der Waals surface area contributed by atoms with Crippen molar-refractivity contribution in [3.8, 4) is 0 Å². The van der Waals surface area contributed by atoms with Crippen LogP contribution < -0.4 is 10.6 Å². The van der Waals surface area contributed by atoms with Crippen LogP contribution in [0.4, 0.5) is 5.69 Å². The van der Waals surface area contributed by atoms with E-state index in [9.17, 15) is 9.59 Å². The molecule has 0 fully saturated rings. The van der Waals surface area contributed by atoms with Crippen molar-refractivity contribution in [2.75, 3.05) is 11.4 Å². The monoisotopic (exact) mass is 262 g/mol. The van der Waals surface area contributed by atoms with E-state index < -0.39 is 11.5 Å². The second kappa shape index (κ2) is 4.66. The first-order chi connectivity index (χ1) is 8.78. The molecule has 0 unspecified atom stereocenters. The Morgan fingerprint density at radius 3 is 2.68 bits per heavy atom. The smallest absolute Gasteiger partial charge is 0.335 e. The molecule has 3 N–H and O–H groups in total. The predicted molar refractivity (Wildman–Crippen MR) is 72.3 cm³/mol. The van der Waals surface area contributed by atoms with E-state index >= 15 is 0 Å². The summed E-state index contributed by atoms with van der Waals surface area (Å²) in [6.07, 6.45) is 0.996. The molecule has 1 amide bonds. The number of rotatable bonds is 3. The zero-order chi connectivity index (χ0) is 14.2. The number of carbonyl (C=O) groups excluding carboxylic acids is 1. The Hall–Kier alpha value is -1.88. The van der Waals surface area contributed by atoms with E-state index in [1.165, 1.54) is 0 Å². The summed E-state index contributed by atoms with van der Waals surface area (Å²) in [5.41, 5.74) is 7.21. The first-order valence-corrected chi connectivity index (χ1v) is 6.23. The normalized spacial score (nSPS) is 14.4. The highest BCUT2D eigenvalue weighted by atomic mass is 16.4. The molecule has 1 aliphatic heterocycles. The largest absolute Gasteiger partial charge is 0.478 e. The van der Waals surface area contributed by atoms with Gasteiger partial charge >= 0.3 is 5.97 Å². The molecule has 1 heterocycles. The fourth-order valence-corrected chi connectivity index (χ4v) is 2.26. The quantitative estimate of drug-likeness (QED) is 0.862. The molecule has 5 nitrogen and oxygen atoms in total. The maximum absolute atomic E-state index is 12.2. The molecule has 0 radical (unpaired) electrons. The van der Waals surface area contributed by atoms with Crippen LogP contribution in [0.2, 0.25) is 0 Å². The predicted octanol–water partition coefficient (Wildman–Crippen LogP) is 1.40. The molecule has 0 spiro atoms. The first kappa shape index (κ1) is 13.5. The summed E-state index contributed by atoms with van der Waals surface area (Å²) in [4.78, 5) is 24.8. The maximum atomic E-state index is 12.2. The van der Waals surface area contributed by atoms with Gasteiger partial charge in [-0.15, -0.1) is 0 Å². The Bertz CT molecular complexity index is 532. The molecule has 2 rings (SSSR count). The van der Waals surface area contributed by atoms with Gasteiger partial charge in [-0.05, 0) is 38.0 Å². The molecule has 5 heteroatoms. The van der Waals surface area contributed by atoms with Crippen LogP contribution in [-0.2, 0) is 11.2 Å². The van der Waals surface area contributed by atoms with Crippen LogP contribution in [0.3, 0.4) is 0 Å². The standard InChI is InChI=1S/C14H18N2O3/c1-14(2,15)8-12(17)16-6-5-9-3-4-10(13(18)19)7-11(9)16/h3-4,7H,5-6,8,15H2,1-2H3,(H,18,19). The molecule has 0 saturated carbocycles. The van der Waals surface area contributed by atoms with E-state index in [4.69, 9.17) is 10.8 Å². The van der Waals surface area contributed by atoms with Crippen LogP contribution >= 0.6 is 0 Å². The number of amides is 1. The SMILES string of the molecule is CC(C)(N)CC(=O)N1CCc2ccc(C(=O)O)cc21. The van der Waals surface area contributed by atoms with Gasteiger partial charge in [0.15, 0.2) is 0 Å². The number of fused-ring (bicyclic) bond motifs is 1. The van der Waals surface area contributed by atoms with Crippen molar-refractivity contribution in [2.45, 2.75) is 32.2 Å². The van der Waals surface area contributed by atoms with E-state index in [0.29, 0.717) is 12.2 Å². The second-order valence-electron chi connectivity index (χ2n) is 5.61. The lowest BCUT2D eigenvalue weighted by Gasteiger charge is -2.23. The highest BCUT2D eigenvalue weighted by molar-refractivity contribution is 5.98. The summed E-state index contributed by atoms with van der Waals surface area (Å²) in [6.45, 7) is 4.19. The zero-order valence-electron chi connectivity index (χ0n) is 11.1. The third kappa shape index (κ3) is 2.93. The Balaban J connectivity index is 2.28. The molecule has 102 valence electrons. The van der Waals surface area contributed by atoms with Crippen molar-refractivity contribution in [3.63, 3.8) is 0 Å². The number of carboxylic acid groups (broad SMARTS) is 1. The summed E-state index contributed by atoms with van der Waals surface area (Å²) in [6, 6.07) is 4.91. The Morgan fingerprint density at radius 2 is 2.11 bits per heavy atom. The summed E-state index contributed by atoms with van der Waals surface area (Å²) < 4.78 is 0. The van der Waals surface area contributed by atoms with Gasteiger partial charge in [-0.2, -0.15) is 0 Å². The third-order valence-electron chi connectivity index (χ3n) is 3.14. The molecular formula is C14H18N2O3. The molecule has 0 bridgehead atoms. The van der Waals surface area contributed by atoms with Crippen LogP contribution in [0, 0.1) is 0 Å². The average molecular weight is 262 g/mol. The topological polar surface area (TPSA) is 83.6 Å². The number of anilines is 1. The van der Waals surface area contributed by atoms with E-state index in [0.717, 1.165) is 12.0 Å². The molecule has 19 heavy (non-hydrogen) atoms. The van der Waals surface area contributed by atoms with Gasteiger partial charge in [-0.25, -0.2) is 4.79 Å². The summed E-state index contributed by atoms with van der Waals surface area (Å²) in [5.74, 6) is -1.05. The number of aromatic carboxylic acids is 1. The molecule has 0 aromatic heterocycles. The van der Waals surface area contributed by atoms with Crippen LogP contribution in [0.5, 0.6) is 0 Å². The highest BCUT2D eigenvalue weighted by Gasteiger charge is 2.28. The number of hydrogen-bond acceptors (Lipinski definition) is 3. The third-order valence-corrected chi connectivity index (χ3v) is 3.14. The van der Waals surface area contributed by atoms with E-state index in [-0.39, 0.29) is 17.9 Å². The molecule has 0 saturated heterocycles. The van der Waals surface area contributed by atoms with E-state index in [1.807, 2.05) is 0 Å². The van der Waals surface area contributed by atoms with Crippen molar-refractivity contribution < 1.29 is 14.7 Å². The van der Waals surface area contributed by atoms with Crippen molar-refractivity contribution >= 4 is 17.6 Å². The number of benzene rings is 1. The molecule has 0 atom stereocenters. The fourth-order valence-electron chi connectivity index (χ4n) is 2.26. The van der Waals surface area contributed by atoms with E-state index in [1.54, 1.807) is 36.9 Å². The maximum Gasteiger partial charge on any atom is 0.335 e. The van der Waals surface area contributed by atoms with Crippen LogP contribution in [0.1, 0.15) is 36.2 Å². The number of carboxylic acids is 1. The summed E-state index contributed by atoms with van der Waals surface area (Å²) in [5, 5.41) is 9.00. The van der Waals surface area contributed by atoms with Gasteiger partial charge in [0.25, 0.3) is 0 Å². The zero-order valence-corrected chi connectivity index (χ0v) is 11.1. The van der Waals surface area contributed by atoms with Crippen molar-refractivity contribution in [1.29, 1.82) is 0 Å². The lowest BCUT2D eigenvalue weighted by Crippen LogP contribution is -2.40. The first-order valence-electron chi connectivity index (χ1n) is 6.23. The molecule has 1 aliphatic rings. The van der Waals surface area contributed by atoms with Gasteiger partial charge in [0.2, 0.25) is 5.91 Å². The van der Waals surface area contributed by atoms with Crippen molar-refractivity contribution in [2.24, 2.45) is 5.73 Å². The minimum Gasteiger partial charge on any atom is -0.478 e. The fraction of sp³-hybridized carbons (Fsp3) is 0.429. The minimum atomic E-state index is -0.985. The Kier molecular flexibility index (Phi) is 3.32. The molecule has 1 aromatic carbocycles. The second-order valence-corrected chi connectivity index (χ2v) is 5.61. The van der Waals surface area contributed by atoms with Crippen LogP contribution in [-0.4, -0.2) is 29.1 Å². The molecule has 0 aliphatic carbocycles. The molecular weight excluding hydrogens is 244 g/mol. The van der Waals surface area contributed by atoms with Gasteiger partial charge in [0.05, 0.1) is 5.56 Å². The minimum absolute atomic E-state index is 0.0613. The number of nitrogens with zero attached hydrogens (tertiary/aromatic N) is 1. The van der Waals surface area contributed by atoms with Gasteiger partial charge < -0.3 is 15.7 Å². The van der Waals surface area contributed by atoms with Crippen molar-refractivity contribution in [3.05, 3.63) is 29.3 Å². The van der Waals surface area contributed by atoms with Gasteiger partial charge in [0, 0.05) is 24.2 Å². The van der Waals surface area contributed by atoms with Gasteiger partial charge in [-0.1, -0.05) is 6.07 Å². The number of hydrogen-bond donors (Lipinski definition) is 2. The van der Waals surface area contributed by atoms with Crippen LogP contribution in [0.25, 0.3) is 0 Å². The summed E-state index contributed by atoms with van der Waals surface area (Å²) >= 11 is 0. The lowest BCUT2D eigenvalue weighted by atomic mass is 10.0. The highest BCUT2D eigenvalue weighted by Crippen LogP contribution is 2.30. The molecule has 1 aromatic rings. The Labute approximate surface area is 112 Å². The number of carbonyl (C=O) groups is 2. The number of nitrogens with two attached hydrogens (primary N) is 1. The van der Waals surface area contributed by atoms with Crippen molar-refractivity contribution in [1.82, 2.24) is 0 Å². The van der Waals surface area contributed by atoms with Gasteiger partial charge in [-0.3, -0.25) is 4.79 Å².